The van der Waals surface area contributed by atoms with Crippen molar-refractivity contribution in [1.82, 2.24) is 9.88 Å². The largest absolute Gasteiger partial charge is 0.461 e. The minimum Gasteiger partial charge on any atom is -0.461 e. The van der Waals surface area contributed by atoms with Crippen LogP contribution >= 0.6 is 11.3 Å². The minimum absolute atomic E-state index is 0.339. The van der Waals surface area contributed by atoms with E-state index in [0.717, 1.165) is 31.2 Å². The van der Waals surface area contributed by atoms with Crippen molar-refractivity contribution in [3.05, 3.63) is 11.1 Å². The van der Waals surface area contributed by atoms with E-state index in [1.807, 2.05) is 0 Å². The Hall–Kier alpha value is -1.14. The smallest absolute Gasteiger partial charge is 0.357 e. The van der Waals surface area contributed by atoms with E-state index >= 15 is 0 Å². The van der Waals surface area contributed by atoms with Crippen molar-refractivity contribution >= 4 is 22.4 Å². The predicted molar refractivity (Wildman–Crippen MR) is 79.1 cm³/mol. The van der Waals surface area contributed by atoms with Crippen LogP contribution in [0.4, 0.5) is 5.13 Å². The number of esters is 1. The second-order valence-electron chi connectivity index (χ2n) is 4.47. The van der Waals surface area contributed by atoms with Crippen LogP contribution in [0, 0.1) is 0 Å². The van der Waals surface area contributed by atoms with Gasteiger partial charge < -0.3 is 14.5 Å². The Labute approximate surface area is 119 Å². The van der Waals surface area contributed by atoms with Crippen LogP contribution in [0.3, 0.4) is 0 Å². The van der Waals surface area contributed by atoms with Crippen molar-refractivity contribution < 1.29 is 9.53 Å². The first-order valence-corrected chi connectivity index (χ1v) is 7.48. The molecule has 0 N–H and O–H groups in total. The molecule has 0 aliphatic rings. The zero-order valence-corrected chi connectivity index (χ0v) is 13.0. The third-order valence-electron chi connectivity index (χ3n) is 2.66. The summed E-state index contributed by atoms with van der Waals surface area (Å²) < 4.78 is 4.95. The van der Waals surface area contributed by atoms with Crippen LogP contribution in [0.5, 0.6) is 0 Å². The molecule has 0 aromatic carbocycles. The van der Waals surface area contributed by atoms with E-state index in [0.29, 0.717) is 12.3 Å². The van der Waals surface area contributed by atoms with E-state index in [-0.39, 0.29) is 5.97 Å². The second-order valence-corrected chi connectivity index (χ2v) is 5.31. The molecule has 0 aliphatic carbocycles. The number of anilines is 1. The van der Waals surface area contributed by atoms with Crippen LogP contribution in [-0.4, -0.2) is 56.2 Å². The fraction of sp³-hybridized carbons (Fsp3) is 0.692. The lowest BCUT2D eigenvalue weighted by atomic mass is 10.4. The number of hydrogen-bond acceptors (Lipinski definition) is 6. The van der Waals surface area contributed by atoms with E-state index in [1.165, 1.54) is 11.3 Å². The van der Waals surface area contributed by atoms with Crippen molar-refractivity contribution in [2.24, 2.45) is 0 Å². The highest BCUT2D eigenvalue weighted by molar-refractivity contribution is 7.13. The first-order valence-electron chi connectivity index (χ1n) is 6.60. The third kappa shape index (κ3) is 5.16. The standard InChI is InChI=1S/C13H23N3O2S/c1-5-16(9-7-8-15(3)4)13-14-11(10-19-13)12(17)18-6-2/h10H,5-9H2,1-4H3. The summed E-state index contributed by atoms with van der Waals surface area (Å²) in [6.45, 7) is 7.16. The number of carbonyl (C=O) groups excluding carboxylic acids is 1. The molecule has 0 bridgehead atoms. The fourth-order valence-electron chi connectivity index (χ4n) is 1.68. The van der Waals surface area contributed by atoms with Gasteiger partial charge in [0.05, 0.1) is 6.61 Å². The molecule has 6 heteroatoms. The molecular weight excluding hydrogens is 262 g/mol. The van der Waals surface area contributed by atoms with Gasteiger partial charge in [-0.3, -0.25) is 0 Å². The van der Waals surface area contributed by atoms with Gasteiger partial charge in [-0.05, 0) is 40.9 Å². The number of hydrogen-bond donors (Lipinski definition) is 0. The van der Waals surface area contributed by atoms with E-state index in [9.17, 15) is 4.79 Å². The zero-order chi connectivity index (χ0) is 14.3. The maximum atomic E-state index is 11.6. The number of nitrogens with zero attached hydrogens (tertiary/aromatic N) is 3. The van der Waals surface area contributed by atoms with Gasteiger partial charge in [-0.2, -0.15) is 0 Å². The maximum Gasteiger partial charge on any atom is 0.357 e. The quantitative estimate of drug-likeness (QED) is 0.684. The van der Waals surface area contributed by atoms with Gasteiger partial charge in [0.2, 0.25) is 0 Å². The summed E-state index contributed by atoms with van der Waals surface area (Å²) >= 11 is 1.50. The van der Waals surface area contributed by atoms with Gasteiger partial charge in [0.25, 0.3) is 0 Å². The topological polar surface area (TPSA) is 45.7 Å². The average Bonchev–Trinajstić information content (AvgIpc) is 2.84. The van der Waals surface area contributed by atoms with Gasteiger partial charge in [-0.25, -0.2) is 9.78 Å². The summed E-state index contributed by atoms with van der Waals surface area (Å²) in [6.07, 6.45) is 1.08. The van der Waals surface area contributed by atoms with Crippen molar-refractivity contribution in [2.75, 3.05) is 45.2 Å². The fourth-order valence-corrected chi connectivity index (χ4v) is 2.56. The lowest BCUT2D eigenvalue weighted by Gasteiger charge is -2.20. The molecule has 5 nitrogen and oxygen atoms in total. The molecule has 0 saturated carbocycles. The molecule has 1 heterocycles. The lowest BCUT2D eigenvalue weighted by Crippen LogP contribution is -2.27. The molecule has 1 aromatic rings. The number of carbonyl (C=O) groups is 1. The van der Waals surface area contributed by atoms with Crippen molar-refractivity contribution in [2.45, 2.75) is 20.3 Å². The zero-order valence-electron chi connectivity index (χ0n) is 12.2. The molecule has 0 unspecified atom stereocenters. The molecule has 0 spiro atoms. The van der Waals surface area contributed by atoms with Crippen LogP contribution in [-0.2, 0) is 4.74 Å². The number of aromatic nitrogens is 1. The number of ether oxygens (including phenoxy) is 1. The van der Waals surface area contributed by atoms with E-state index in [4.69, 9.17) is 4.74 Å². The molecule has 1 rings (SSSR count). The predicted octanol–water partition coefficient (Wildman–Crippen LogP) is 2.10. The lowest BCUT2D eigenvalue weighted by molar-refractivity contribution is 0.0520. The van der Waals surface area contributed by atoms with Gasteiger partial charge in [0.1, 0.15) is 0 Å². The molecule has 1 aromatic heterocycles. The van der Waals surface area contributed by atoms with Crippen molar-refractivity contribution in [3.8, 4) is 0 Å². The summed E-state index contributed by atoms with van der Waals surface area (Å²) in [5, 5.41) is 2.66. The minimum atomic E-state index is -0.339. The Kier molecular flexibility index (Phi) is 6.80. The van der Waals surface area contributed by atoms with Crippen LogP contribution in [0.1, 0.15) is 30.8 Å². The molecule has 108 valence electrons. The molecule has 0 saturated heterocycles. The normalized spacial score (nSPS) is 10.8. The van der Waals surface area contributed by atoms with Gasteiger partial charge in [-0.1, -0.05) is 0 Å². The van der Waals surface area contributed by atoms with Crippen molar-refractivity contribution in [3.63, 3.8) is 0 Å². The van der Waals surface area contributed by atoms with Gasteiger partial charge in [0, 0.05) is 18.5 Å². The van der Waals surface area contributed by atoms with Crippen molar-refractivity contribution in [1.29, 1.82) is 0 Å². The molecule has 0 amide bonds. The summed E-state index contributed by atoms with van der Waals surface area (Å²) in [4.78, 5) is 20.3. The Morgan fingerprint density at radius 1 is 1.37 bits per heavy atom. The molecule has 0 atom stereocenters. The Bertz CT molecular complexity index is 393. The first kappa shape index (κ1) is 15.9. The summed E-state index contributed by atoms with van der Waals surface area (Å²) in [5.41, 5.74) is 0.410. The maximum absolute atomic E-state index is 11.6. The third-order valence-corrected chi connectivity index (χ3v) is 3.56. The molecule has 0 radical (unpaired) electrons. The van der Waals surface area contributed by atoms with E-state index in [2.05, 4.69) is 35.8 Å². The monoisotopic (exact) mass is 285 g/mol. The van der Waals surface area contributed by atoms with E-state index < -0.39 is 0 Å². The highest BCUT2D eigenvalue weighted by Crippen LogP contribution is 2.21. The first-order chi connectivity index (χ1) is 9.08. The van der Waals surface area contributed by atoms with Gasteiger partial charge in [-0.15, -0.1) is 11.3 Å². The highest BCUT2D eigenvalue weighted by atomic mass is 32.1. The Morgan fingerprint density at radius 3 is 2.68 bits per heavy atom. The number of thiazole rings is 1. The second kappa shape index (κ2) is 8.12. The van der Waals surface area contributed by atoms with E-state index in [1.54, 1.807) is 12.3 Å². The van der Waals surface area contributed by atoms with Crippen LogP contribution in [0.2, 0.25) is 0 Å². The molecule has 19 heavy (non-hydrogen) atoms. The molecule has 0 aliphatic heterocycles. The highest BCUT2D eigenvalue weighted by Gasteiger charge is 2.14. The Morgan fingerprint density at radius 2 is 2.11 bits per heavy atom. The van der Waals surface area contributed by atoms with Gasteiger partial charge in [0.15, 0.2) is 10.8 Å². The van der Waals surface area contributed by atoms with Crippen LogP contribution < -0.4 is 4.90 Å². The molecular formula is C13H23N3O2S. The Balaban J connectivity index is 2.58. The SMILES string of the molecule is CCOC(=O)c1csc(N(CC)CCCN(C)C)n1. The van der Waals surface area contributed by atoms with Gasteiger partial charge >= 0.3 is 5.97 Å². The summed E-state index contributed by atoms with van der Waals surface area (Å²) in [6, 6.07) is 0. The van der Waals surface area contributed by atoms with Crippen LogP contribution in [0.25, 0.3) is 0 Å². The number of rotatable bonds is 8. The van der Waals surface area contributed by atoms with Crippen LogP contribution in [0.15, 0.2) is 5.38 Å². The summed E-state index contributed by atoms with van der Waals surface area (Å²) in [5.74, 6) is -0.339. The average molecular weight is 285 g/mol. The summed E-state index contributed by atoms with van der Waals surface area (Å²) in [7, 11) is 4.14. The molecule has 0 fully saturated rings.